The van der Waals surface area contributed by atoms with Gasteiger partial charge in [-0.25, -0.2) is 4.79 Å². The second-order valence-corrected chi connectivity index (χ2v) is 6.90. The third-order valence-corrected chi connectivity index (χ3v) is 4.74. The number of carbonyl (C=O) groups excluding carboxylic acids is 2. The van der Waals surface area contributed by atoms with E-state index in [1.807, 2.05) is 64.1 Å². The van der Waals surface area contributed by atoms with Crippen molar-refractivity contribution in [3.8, 4) is 0 Å². The maximum atomic E-state index is 12.4. The van der Waals surface area contributed by atoms with E-state index in [4.69, 9.17) is 9.15 Å². The molecule has 0 aliphatic heterocycles. The zero-order valence-electron chi connectivity index (χ0n) is 15.5. The standard InChI is InChI=1S/C21H23NO4/c1-12(2)14(4)22-18(23)11-25-21(24)19-13(3)16-10-9-15-7-5-6-8-17(15)20(16)26-19/h5-10,12,14H,11H2,1-4H3,(H,22,23). The number of fused-ring (bicyclic) bond motifs is 3. The molecular formula is C21H23NO4. The third-order valence-electron chi connectivity index (χ3n) is 4.74. The smallest absolute Gasteiger partial charge is 0.375 e. The van der Waals surface area contributed by atoms with Crippen molar-refractivity contribution >= 4 is 33.6 Å². The highest BCUT2D eigenvalue weighted by Crippen LogP contribution is 2.31. The summed E-state index contributed by atoms with van der Waals surface area (Å²) in [6.07, 6.45) is 0. The van der Waals surface area contributed by atoms with E-state index in [0.717, 1.165) is 16.2 Å². The van der Waals surface area contributed by atoms with E-state index in [1.54, 1.807) is 0 Å². The van der Waals surface area contributed by atoms with Gasteiger partial charge in [-0.2, -0.15) is 0 Å². The van der Waals surface area contributed by atoms with Crippen LogP contribution in [0.25, 0.3) is 21.7 Å². The zero-order chi connectivity index (χ0) is 18.8. The lowest BCUT2D eigenvalue weighted by Gasteiger charge is -2.17. The number of aryl methyl sites for hydroxylation is 1. The number of hydrogen-bond acceptors (Lipinski definition) is 4. The molecule has 3 rings (SSSR count). The first-order valence-corrected chi connectivity index (χ1v) is 8.75. The Morgan fingerprint density at radius 3 is 2.54 bits per heavy atom. The molecule has 1 heterocycles. The normalized spacial score (nSPS) is 12.5. The molecule has 0 saturated carbocycles. The molecule has 2 aromatic carbocycles. The lowest BCUT2D eigenvalue weighted by Crippen LogP contribution is -2.38. The van der Waals surface area contributed by atoms with Crippen molar-refractivity contribution in [2.75, 3.05) is 6.61 Å². The summed E-state index contributed by atoms with van der Waals surface area (Å²) >= 11 is 0. The number of ether oxygens (including phenoxy) is 1. The average Bonchev–Trinajstić information content (AvgIpc) is 2.97. The Kier molecular flexibility index (Phi) is 4.98. The molecule has 3 aromatic rings. The van der Waals surface area contributed by atoms with E-state index in [0.29, 0.717) is 17.1 Å². The molecule has 136 valence electrons. The van der Waals surface area contributed by atoms with Crippen molar-refractivity contribution < 1.29 is 18.7 Å². The summed E-state index contributed by atoms with van der Waals surface area (Å²) in [6, 6.07) is 11.8. The van der Waals surface area contributed by atoms with E-state index in [-0.39, 0.29) is 24.3 Å². The Balaban J connectivity index is 1.79. The fourth-order valence-corrected chi connectivity index (χ4v) is 2.80. The molecule has 0 bridgehead atoms. The van der Waals surface area contributed by atoms with Crippen LogP contribution in [0.4, 0.5) is 0 Å². The highest BCUT2D eigenvalue weighted by molar-refractivity contribution is 6.08. The molecule has 5 heteroatoms. The molecule has 0 aliphatic carbocycles. The lowest BCUT2D eigenvalue weighted by molar-refractivity contribution is -0.125. The van der Waals surface area contributed by atoms with Crippen LogP contribution in [-0.4, -0.2) is 24.5 Å². The summed E-state index contributed by atoms with van der Waals surface area (Å²) in [7, 11) is 0. The zero-order valence-corrected chi connectivity index (χ0v) is 15.5. The molecule has 1 N–H and O–H groups in total. The van der Waals surface area contributed by atoms with Crippen molar-refractivity contribution in [1.29, 1.82) is 0 Å². The number of amides is 1. The number of carbonyl (C=O) groups is 2. The van der Waals surface area contributed by atoms with Gasteiger partial charge in [0.1, 0.15) is 5.58 Å². The fraction of sp³-hybridized carbons (Fsp3) is 0.333. The van der Waals surface area contributed by atoms with E-state index in [1.165, 1.54) is 0 Å². The van der Waals surface area contributed by atoms with Crippen molar-refractivity contribution in [2.45, 2.75) is 33.7 Å². The summed E-state index contributed by atoms with van der Waals surface area (Å²) in [4.78, 5) is 24.3. The molecular weight excluding hydrogens is 330 g/mol. The van der Waals surface area contributed by atoms with Crippen molar-refractivity contribution in [1.82, 2.24) is 5.32 Å². The minimum absolute atomic E-state index is 0.0144. The van der Waals surface area contributed by atoms with E-state index in [9.17, 15) is 9.59 Å². The molecule has 26 heavy (non-hydrogen) atoms. The van der Waals surface area contributed by atoms with Crippen LogP contribution in [-0.2, 0) is 9.53 Å². The predicted octanol–water partition coefficient (Wildman–Crippen LogP) is 4.21. The highest BCUT2D eigenvalue weighted by atomic mass is 16.5. The first-order chi connectivity index (χ1) is 12.4. The molecule has 0 saturated heterocycles. The van der Waals surface area contributed by atoms with Crippen molar-refractivity contribution in [3.05, 3.63) is 47.7 Å². The number of esters is 1. The van der Waals surface area contributed by atoms with Crippen LogP contribution in [0, 0.1) is 12.8 Å². The van der Waals surface area contributed by atoms with Crippen LogP contribution < -0.4 is 5.32 Å². The van der Waals surface area contributed by atoms with E-state index in [2.05, 4.69) is 5.32 Å². The molecule has 1 aromatic heterocycles. The van der Waals surface area contributed by atoms with Gasteiger partial charge < -0.3 is 14.5 Å². The van der Waals surface area contributed by atoms with E-state index >= 15 is 0 Å². The van der Waals surface area contributed by atoms with Gasteiger partial charge in [-0.3, -0.25) is 4.79 Å². The number of rotatable bonds is 5. The molecule has 1 atom stereocenters. The SMILES string of the molecule is Cc1c(C(=O)OCC(=O)NC(C)C(C)C)oc2c1ccc1ccccc12. The molecule has 5 nitrogen and oxygen atoms in total. The minimum atomic E-state index is -0.630. The summed E-state index contributed by atoms with van der Waals surface area (Å²) in [5, 5.41) is 5.65. The van der Waals surface area contributed by atoms with Crippen LogP contribution in [0.1, 0.15) is 36.9 Å². The van der Waals surface area contributed by atoms with Crippen LogP contribution >= 0.6 is 0 Å². The monoisotopic (exact) mass is 353 g/mol. The summed E-state index contributed by atoms with van der Waals surface area (Å²) in [5.74, 6) is -0.504. The Morgan fingerprint density at radius 1 is 1.08 bits per heavy atom. The third kappa shape index (κ3) is 3.43. The molecule has 1 unspecified atom stereocenters. The van der Waals surface area contributed by atoms with Crippen molar-refractivity contribution in [3.63, 3.8) is 0 Å². The van der Waals surface area contributed by atoms with Crippen LogP contribution in [0.5, 0.6) is 0 Å². The first kappa shape index (κ1) is 18.0. The van der Waals surface area contributed by atoms with Gasteiger partial charge in [0, 0.05) is 22.4 Å². The molecule has 0 radical (unpaired) electrons. The maximum Gasteiger partial charge on any atom is 0.375 e. The quantitative estimate of drug-likeness (QED) is 0.698. The van der Waals surface area contributed by atoms with Gasteiger partial charge >= 0.3 is 5.97 Å². The Labute approximate surface area is 152 Å². The number of furan rings is 1. The summed E-state index contributed by atoms with van der Waals surface area (Å²) < 4.78 is 11.0. The largest absolute Gasteiger partial charge is 0.450 e. The lowest BCUT2D eigenvalue weighted by atomic mass is 10.1. The average molecular weight is 353 g/mol. The van der Waals surface area contributed by atoms with Gasteiger partial charge in [-0.15, -0.1) is 0 Å². The number of nitrogens with one attached hydrogen (secondary N) is 1. The summed E-state index contributed by atoms with van der Waals surface area (Å²) in [5.41, 5.74) is 1.37. The molecule has 0 spiro atoms. The predicted molar refractivity (Wildman–Crippen MR) is 101 cm³/mol. The van der Waals surface area contributed by atoms with Gasteiger partial charge in [0.2, 0.25) is 5.76 Å². The van der Waals surface area contributed by atoms with Gasteiger partial charge in [0.25, 0.3) is 5.91 Å². The molecule has 1 amide bonds. The highest BCUT2D eigenvalue weighted by Gasteiger charge is 2.21. The maximum absolute atomic E-state index is 12.4. The molecule has 0 fully saturated rings. The minimum Gasteiger partial charge on any atom is -0.450 e. The van der Waals surface area contributed by atoms with Gasteiger partial charge in [0.05, 0.1) is 0 Å². The van der Waals surface area contributed by atoms with Crippen LogP contribution in [0.2, 0.25) is 0 Å². The number of hydrogen-bond donors (Lipinski definition) is 1. The summed E-state index contributed by atoms with van der Waals surface area (Å²) in [6.45, 7) is 7.43. The van der Waals surface area contributed by atoms with Crippen LogP contribution in [0.15, 0.2) is 40.8 Å². The Hall–Kier alpha value is -2.82. The van der Waals surface area contributed by atoms with Crippen LogP contribution in [0.3, 0.4) is 0 Å². The Morgan fingerprint density at radius 2 is 1.81 bits per heavy atom. The van der Waals surface area contributed by atoms with Gasteiger partial charge in [-0.1, -0.05) is 50.2 Å². The Bertz CT molecular complexity index is 971. The van der Waals surface area contributed by atoms with E-state index < -0.39 is 5.97 Å². The van der Waals surface area contributed by atoms with Crippen molar-refractivity contribution in [2.24, 2.45) is 5.92 Å². The fourth-order valence-electron chi connectivity index (χ4n) is 2.80. The second kappa shape index (κ2) is 7.20. The number of benzene rings is 2. The topological polar surface area (TPSA) is 68.5 Å². The van der Waals surface area contributed by atoms with Gasteiger partial charge in [-0.05, 0) is 25.2 Å². The first-order valence-electron chi connectivity index (χ1n) is 8.75. The molecule has 0 aliphatic rings. The second-order valence-electron chi connectivity index (χ2n) is 6.90. The van der Waals surface area contributed by atoms with Gasteiger partial charge in [0.15, 0.2) is 6.61 Å².